The van der Waals surface area contributed by atoms with Gasteiger partial charge < -0.3 is 9.13 Å². The maximum Gasteiger partial charge on any atom is 0.0946 e. The number of hydrogen-bond donors (Lipinski definition) is 0. The summed E-state index contributed by atoms with van der Waals surface area (Å²) in [7, 11) is 2.14. The van der Waals surface area contributed by atoms with E-state index in [0.29, 0.717) is 0 Å². The second kappa shape index (κ2) is 6.20. The predicted octanol–water partition coefficient (Wildman–Crippen LogP) is 3.29. The highest BCUT2D eigenvalue weighted by molar-refractivity contribution is 5.83. The van der Waals surface area contributed by atoms with Crippen molar-refractivity contribution in [2.24, 2.45) is 13.0 Å². The first-order chi connectivity index (χ1) is 11.3. The summed E-state index contributed by atoms with van der Waals surface area (Å²) in [6.45, 7) is 4.54. The second-order valence-corrected chi connectivity index (χ2v) is 6.79. The normalized spacial score (nSPS) is 19.4. The molecule has 3 aromatic rings. The van der Waals surface area contributed by atoms with Crippen molar-refractivity contribution >= 4 is 10.9 Å². The molecule has 0 amide bonds. The molecule has 23 heavy (non-hydrogen) atoms. The van der Waals surface area contributed by atoms with Crippen LogP contribution in [-0.4, -0.2) is 32.1 Å². The molecule has 4 nitrogen and oxygen atoms in total. The highest BCUT2D eigenvalue weighted by atomic mass is 15.1. The third kappa shape index (κ3) is 3.04. The minimum Gasteiger partial charge on any atom is -0.350 e. The molecule has 0 unspecified atom stereocenters. The van der Waals surface area contributed by atoms with Crippen LogP contribution in [0.5, 0.6) is 0 Å². The van der Waals surface area contributed by atoms with Crippen LogP contribution in [0.25, 0.3) is 10.9 Å². The predicted molar refractivity (Wildman–Crippen MR) is 93.1 cm³/mol. The van der Waals surface area contributed by atoms with Gasteiger partial charge in [-0.05, 0) is 36.9 Å². The lowest BCUT2D eigenvalue weighted by Crippen LogP contribution is -2.36. The van der Waals surface area contributed by atoms with Crippen LogP contribution in [0, 0.1) is 5.92 Å². The summed E-state index contributed by atoms with van der Waals surface area (Å²) in [5.74, 6) is 0.730. The third-order valence-corrected chi connectivity index (χ3v) is 5.00. The lowest BCUT2D eigenvalue weighted by atomic mass is 9.97. The van der Waals surface area contributed by atoms with Gasteiger partial charge in [0, 0.05) is 56.2 Å². The standard InChI is InChI=1S/C19H24N4/c1-21-13-17(18-6-2-3-7-19(18)21)14-22-9-4-5-16(11-22)12-23-10-8-20-15-23/h2-3,6-8,10,13,15-16H,4-5,9,11-12,14H2,1H3/t16-/m0/s1. The molecule has 0 radical (unpaired) electrons. The van der Waals surface area contributed by atoms with E-state index in [2.05, 4.69) is 62.7 Å². The summed E-state index contributed by atoms with van der Waals surface area (Å²) < 4.78 is 4.46. The fraction of sp³-hybridized carbons (Fsp3) is 0.421. The zero-order chi connectivity index (χ0) is 15.6. The Balaban J connectivity index is 1.47. The lowest BCUT2D eigenvalue weighted by Gasteiger charge is -2.32. The maximum absolute atomic E-state index is 4.16. The molecular formula is C19H24N4. The molecule has 4 heteroatoms. The van der Waals surface area contributed by atoms with Gasteiger partial charge in [-0.1, -0.05) is 18.2 Å². The monoisotopic (exact) mass is 308 g/mol. The van der Waals surface area contributed by atoms with Crippen LogP contribution in [0.15, 0.2) is 49.2 Å². The van der Waals surface area contributed by atoms with Gasteiger partial charge in [0.1, 0.15) is 0 Å². The molecule has 1 aromatic carbocycles. The number of piperidine rings is 1. The molecule has 1 aliphatic heterocycles. The van der Waals surface area contributed by atoms with Gasteiger partial charge in [0.05, 0.1) is 6.33 Å². The average Bonchev–Trinajstić information content (AvgIpc) is 3.17. The van der Waals surface area contributed by atoms with Crippen LogP contribution in [0.3, 0.4) is 0 Å². The van der Waals surface area contributed by atoms with E-state index in [1.165, 1.54) is 42.4 Å². The molecule has 0 bridgehead atoms. The van der Waals surface area contributed by atoms with Crippen molar-refractivity contribution < 1.29 is 0 Å². The molecule has 120 valence electrons. The summed E-state index contributed by atoms with van der Waals surface area (Å²) in [5, 5.41) is 1.40. The minimum absolute atomic E-state index is 0.730. The summed E-state index contributed by atoms with van der Waals surface area (Å²) in [6, 6.07) is 8.71. The largest absolute Gasteiger partial charge is 0.350 e. The maximum atomic E-state index is 4.16. The van der Waals surface area contributed by atoms with E-state index in [1.54, 1.807) is 0 Å². The van der Waals surface area contributed by atoms with E-state index in [0.717, 1.165) is 19.0 Å². The Morgan fingerprint density at radius 3 is 3.04 bits per heavy atom. The Morgan fingerprint density at radius 2 is 2.17 bits per heavy atom. The molecule has 1 saturated heterocycles. The van der Waals surface area contributed by atoms with Gasteiger partial charge in [0.25, 0.3) is 0 Å². The number of para-hydroxylation sites is 1. The van der Waals surface area contributed by atoms with Crippen molar-refractivity contribution in [3.63, 3.8) is 0 Å². The van der Waals surface area contributed by atoms with E-state index in [9.17, 15) is 0 Å². The van der Waals surface area contributed by atoms with Gasteiger partial charge in [-0.25, -0.2) is 4.98 Å². The fourth-order valence-electron chi connectivity index (χ4n) is 3.93. The molecule has 1 aliphatic rings. The first-order valence-electron chi connectivity index (χ1n) is 8.50. The quantitative estimate of drug-likeness (QED) is 0.739. The van der Waals surface area contributed by atoms with E-state index in [1.807, 2.05) is 12.5 Å². The highest BCUT2D eigenvalue weighted by Gasteiger charge is 2.21. The number of fused-ring (bicyclic) bond motifs is 1. The van der Waals surface area contributed by atoms with Crippen molar-refractivity contribution in [1.29, 1.82) is 0 Å². The summed E-state index contributed by atoms with van der Waals surface area (Å²) in [4.78, 5) is 6.78. The zero-order valence-corrected chi connectivity index (χ0v) is 13.7. The first kappa shape index (κ1) is 14.5. The summed E-state index contributed by atoms with van der Waals surface area (Å²) in [5.41, 5.74) is 2.78. The Labute approximate surface area is 137 Å². The lowest BCUT2D eigenvalue weighted by molar-refractivity contribution is 0.156. The van der Waals surface area contributed by atoms with E-state index in [4.69, 9.17) is 0 Å². The molecule has 0 aliphatic carbocycles. The molecule has 0 saturated carbocycles. The van der Waals surface area contributed by atoms with Gasteiger partial charge in [0.2, 0.25) is 0 Å². The molecule has 3 heterocycles. The topological polar surface area (TPSA) is 26.0 Å². The number of imidazole rings is 1. The molecule has 0 N–H and O–H groups in total. The highest BCUT2D eigenvalue weighted by Crippen LogP contribution is 2.25. The molecule has 1 fully saturated rings. The second-order valence-electron chi connectivity index (χ2n) is 6.79. The van der Waals surface area contributed by atoms with Gasteiger partial charge in [-0.3, -0.25) is 4.90 Å². The van der Waals surface area contributed by atoms with Crippen LogP contribution < -0.4 is 0 Å². The number of aryl methyl sites for hydroxylation is 1. The average molecular weight is 308 g/mol. The third-order valence-electron chi connectivity index (χ3n) is 5.00. The zero-order valence-electron chi connectivity index (χ0n) is 13.7. The van der Waals surface area contributed by atoms with Crippen LogP contribution in [0.2, 0.25) is 0 Å². The van der Waals surface area contributed by atoms with Crippen LogP contribution in [0.1, 0.15) is 18.4 Å². The van der Waals surface area contributed by atoms with Gasteiger partial charge in [0.15, 0.2) is 0 Å². The summed E-state index contributed by atoms with van der Waals surface area (Å²) in [6.07, 6.45) is 10.8. The SMILES string of the molecule is Cn1cc(CN2CCC[C@H](Cn3ccnc3)C2)c2ccccc21. The molecule has 0 spiro atoms. The van der Waals surface area contributed by atoms with Crippen LogP contribution in [0.4, 0.5) is 0 Å². The van der Waals surface area contributed by atoms with E-state index < -0.39 is 0 Å². The fourth-order valence-corrected chi connectivity index (χ4v) is 3.93. The first-order valence-corrected chi connectivity index (χ1v) is 8.50. The number of hydrogen-bond acceptors (Lipinski definition) is 2. The van der Waals surface area contributed by atoms with Gasteiger partial charge >= 0.3 is 0 Å². The molecule has 2 aromatic heterocycles. The molecule has 1 atom stereocenters. The van der Waals surface area contributed by atoms with Crippen molar-refractivity contribution in [3.05, 3.63) is 54.7 Å². The Kier molecular flexibility index (Phi) is 3.92. The Bertz CT molecular complexity index is 772. The number of rotatable bonds is 4. The number of benzene rings is 1. The Morgan fingerprint density at radius 1 is 1.26 bits per heavy atom. The summed E-state index contributed by atoms with van der Waals surface area (Å²) >= 11 is 0. The smallest absolute Gasteiger partial charge is 0.0946 e. The number of likely N-dealkylation sites (tertiary alicyclic amines) is 1. The van der Waals surface area contributed by atoms with E-state index in [-0.39, 0.29) is 0 Å². The van der Waals surface area contributed by atoms with Crippen LogP contribution in [-0.2, 0) is 20.1 Å². The number of aromatic nitrogens is 3. The number of nitrogens with zero attached hydrogens (tertiary/aromatic N) is 4. The van der Waals surface area contributed by atoms with Crippen molar-refractivity contribution in [2.75, 3.05) is 13.1 Å². The Hall–Kier alpha value is -2.07. The van der Waals surface area contributed by atoms with Gasteiger partial charge in [-0.15, -0.1) is 0 Å². The van der Waals surface area contributed by atoms with Crippen molar-refractivity contribution in [1.82, 2.24) is 19.0 Å². The van der Waals surface area contributed by atoms with Crippen molar-refractivity contribution in [3.8, 4) is 0 Å². The van der Waals surface area contributed by atoms with Crippen LogP contribution >= 0.6 is 0 Å². The van der Waals surface area contributed by atoms with Gasteiger partial charge in [-0.2, -0.15) is 0 Å². The molecule has 4 rings (SSSR count). The van der Waals surface area contributed by atoms with E-state index >= 15 is 0 Å². The van der Waals surface area contributed by atoms with Crippen molar-refractivity contribution in [2.45, 2.75) is 25.9 Å². The minimum atomic E-state index is 0.730. The molecular weight excluding hydrogens is 284 g/mol.